The lowest BCUT2D eigenvalue weighted by Gasteiger charge is -2.06. The van der Waals surface area contributed by atoms with Crippen LogP contribution in [0.15, 0.2) is 27.0 Å². The van der Waals surface area contributed by atoms with Crippen molar-refractivity contribution in [2.24, 2.45) is 0 Å². The van der Waals surface area contributed by atoms with Crippen molar-refractivity contribution < 1.29 is 0 Å². The molecule has 90 valence electrons. The maximum absolute atomic E-state index is 4.49. The molecule has 2 aromatic rings. The molecule has 0 atom stereocenters. The number of anilines is 1. The van der Waals surface area contributed by atoms with Crippen LogP contribution >= 0.6 is 23.1 Å². The number of rotatable bonds is 5. The van der Waals surface area contributed by atoms with Gasteiger partial charge in [-0.25, -0.2) is 15.0 Å². The van der Waals surface area contributed by atoms with Crippen molar-refractivity contribution in [1.82, 2.24) is 15.0 Å². The summed E-state index contributed by atoms with van der Waals surface area (Å²) in [5.74, 6) is 1.75. The van der Waals surface area contributed by atoms with Crippen molar-refractivity contribution in [2.75, 3.05) is 11.9 Å². The van der Waals surface area contributed by atoms with Crippen molar-refractivity contribution in [3.63, 3.8) is 0 Å². The molecule has 4 nitrogen and oxygen atoms in total. The number of hydrogen-bond acceptors (Lipinski definition) is 6. The summed E-state index contributed by atoms with van der Waals surface area (Å²) in [6, 6.07) is 1.97. The summed E-state index contributed by atoms with van der Waals surface area (Å²) in [5.41, 5.74) is 0. The van der Waals surface area contributed by atoms with E-state index < -0.39 is 0 Å². The van der Waals surface area contributed by atoms with Crippen LogP contribution in [0.4, 0.5) is 5.82 Å². The van der Waals surface area contributed by atoms with E-state index in [9.17, 15) is 0 Å². The van der Waals surface area contributed by atoms with Gasteiger partial charge in [-0.3, -0.25) is 0 Å². The zero-order valence-corrected chi connectivity index (χ0v) is 11.4. The van der Waals surface area contributed by atoms with Gasteiger partial charge < -0.3 is 5.32 Å². The van der Waals surface area contributed by atoms with Gasteiger partial charge >= 0.3 is 0 Å². The number of aryl methyl sites for hydroxylation is 1. The van der Waals surface area contributed by atoms with Gasteiger partial charge in [0.25, 0.3) is 0 Å². The zero-order valence-electron chi connectivity index (χ0n) is 9.80. The summed E-state index contributed by atoms with van der Waals surface area (Å²) in [4.78, 5) is 13.1. The SMILES string of the molecule is CCNc1cc(Sc2nccs2)nc(CC)n1. The van der Waals surface area contributed by atoms with Gasteiger partial charge in [0.1, 0.15) is 16.7 Å². The summed E-state index contributed by atoms with van der Waals surface area (Å²) >= 11 is 3.20. The Balaban J connectivity index is 2.23. The third-order valence-electron chi connectivity index (χ3n) is 2.02. The van der Waals surface area contributed by atoms with Crippen LogP contribution in [0.5, 0.6) is 0 Å². The first-order valence-electron chi connectivity index (χ1n) is 5.51. The van der Waals surface area contributed by atoms with E-state index in [-0.39, 0.29) is 0 Å². The van der Waals surface area contributed by atoms with E-state index in [1.165, 1.54) is 0 Å². The minimum absolute atomic E-state index is 0.838. The molecule has 2 rings (SSSR count). The van der Waals surface area contributed by atoms with E-state index >= 15 is 0 Å². The Morgan fingerprint density at radius 3 is 2.88 bits per heavy atom. The molecule has 2 heterocycles. The molecule has 0 fully saturated rings. The molecule has 2 aromatic heterocycles. The van der Waals surface area contributed by atoms with Crippen LogP contribution in [0.3, 0.4) is 0 Å². The Bertz CT molecular complexity index is 470. The molecule has 0 aliphatic rings. The smallest absolute Gasteiger partial charge is 0.156 e. The number of nitrogens with zero attached hydrogens (tertiary/aromatic N) is 3. The third-order valence-corrected chi connectivity index (χ3v) is 3.83. The Hall–Kier alpha value is -1.14. The molecule has 17 heavy (non-hydrogen) atoms. The first-order chi connectivity index (χ1) is 8.31. The van der Waals surface area contributed by atoms with Gasteiger partial charge in [0.15, 0.2) is 4.34 Å². The van der Waals surface area contributed by atoms with Crippen LogP contribution in [-0.4, -0.2) is 21.5 Å². The zero-order chi connectivity index (χ0) is 12.1. The first-order valence-corrected chi connectivity index (χ1v) is 7.20. The van der Waals surface area contributed by atoms with Gasteiger partial charge in [-0.2, -0.15) is 0 Å². The Labute approximate surface area is 109 Å². The molecule has 0 spiro atoms. The van der Waals surface area contributed by atoms with Gasteiger partial charge in [0, 0.05) is 30.6 Å². The second kappa shape index (κ2) is 5.97. The standard InChI is InChI=1S/C11H14N4S2/c1-3-8-14-9(12-4-2)7-10(15-8)17-11-13-5-6-16-11/h5-7H,3-4H2,1-2H3,(H,12,14,15). The topological polar surface area (TPSA) is 50.7 Å². The van der Waals surface area contributed by atoms with E-state index in [0.29, 0.717) is 0 Å². The first kappa shape index (κ1) is 12.3. The Kier molecular flexibility index (Phi) is 4.33. The lowest BCUT2D eigenvalue weighted by atomic mass is 10.4. The van der Waals surface area contributed by atoms with E-state index in [0.717, 1.165) is 34.0 Å². The predicted molar refractivity (Wildman–Crippen MR) is 71.8 cm³/mol. The number of thiazole rings is 1. The van der Waals surface area contributed by atoms with Crippen molar-refractivity contribution in [3.8, 4) is 0 Å². The highest BCUT2D eigenvalue weighted by atomic mass is 32.2. The molecule has 0 radical (unpaired) electrons. The molecule has 0 bridgehead atoms. The fourth-order valence-corrected chi connectivity index (χ4v) is 2.89. The highest BCUT2D eigenvalue weighted by molar-refractivity contribution is 8.01. The average molecular weight is 266 g/mol. The van der Waals surface area contributed by atoms with Gasteiger partial charge in [-0.05, 0) is 18.7 Å². The van der Waals surface area contributed by atoms with Gasteiger partial charge in [0.05, 0.1) is 0 Å². The quantitative estimate of drug-likeness (QED) is 0.843. The highest BCUT2D eigenvalue weighted by Gasteiger charge is 2.06. The fourth-order valence-electron chi connectivity index (χ4n) is 1.31. The molecule has 0 amide bonds. The fraction of sp³-hybridized carbons (Fsp3) is 0.364. The molecule has 0 aromatic carbocycles. The molecular formula is C11H14N4S2. The van der Waals surface area contributed by atoms with E-state index in [2.05, 4.69) is 34.1 Å². The minimum atomic E-state index is 0.838. The molecule has 1 N–H and O–H groups in total. The molecule has 0 aliphatic heterocycles. The predicted octanol–water partition coefficient (Wildman–Crippen LogP) is 3.08. The van der Waals surface area contributed by atoms with Crippen LogP contribution in [0.2, 0.25) is 0 Å². The second-order valence-corrected chi connectivity index (χ2v) is 5.45. The van der Waals surface area contributed by atoms with Crippen LogP contribution < -0.4 is 5.32 Å². The Morgan fingerprint density at radius 2 is 2.24 bits per heavy atom. The maximum Gasteiger partial charge on any atom is 0.156 e. The summed E-state index contributed by atoms with van der Waals surface area (Å²) < 4.78 is 1.01. The van der Waals surface area contributed by atoms with Crippen molar-refractivity contribution in [1.29, 1.82) is 0 Å². The second-order valence-electron chi connectivity index (χ2n) is 3.29. The van der Waals surface area contributed by atoms with Gasteiger partial charge in [-0.15, -0.1) is 11.3 Å². The molecule has 6 heteroatoms. The number of nitrogens with one attached hydrogen (secondary N) is 1. The monoisotopic (exact) mass is 266 g/mol. The van der Waals surface area contributed by atoms with Crippen LogP contribution in [-0.2, 0) is 6.42 Å². The summed E-state index contributed by atoms with van der Waals surface area (Å²) in [5, 5.41) is 6.14. The molecule has 0 saturated carbocycles. The average Bonchev–Trinajstić information content (AvgIpc) is 2.82. The highest BCUT2D eigenvalue weighted by Crippen LogP contribution is 2.28. The van der Waals surface area contributed by atoms with E-state index in [1.807, 2.05) is 11.4 Å². The summed E-state index contributed by atoms with van der Waals surface area (Å²) in [6.45, 7) is 4.98. The lowest BCUT2D eigenvalue weighted by Crippen LogP contribution is -2.03. The van der Waals surface area contributed by atoms with Crippen molar-refractivity contribution in [3.05, 3.63) is 23.5 Å². The van der Waals surface area contributed by atoms with Crippen LogP contribution in [0.25, 0.3) is 0 Å². The van der Waals surface area contributed by atoms with Gasteiger partial charge in [-0.1, -0.05) is 6.92 Å². The molecule has 0 unspecified atom stereocenters. The summed E-state index contributed by atoms with van der Waals surface area (Å²) in [6.07, 6.45) is 2.64. The normalized spacial score (nSPS) is 10.5. The molecular weight excluding hydrogens is 252 g/mol. The van der Waals surface area contributed by atoms with Crippen molar-refractivity contribution in [2.45, 2.75) is 29.6 Å². The Morgan fingerprint density at radius 1 is 1.35 bits per heavy atom. The largest absolute Gasteiger partial charge is 0.370 e. The van der Waals surface area contributed by atoms with Crippen molar-refractivity contribution >= 4 is 28.9 Å². The summed E-state index contributed by atoms with van der Waals surface area (Å²) in [7, 11) is 0. The third kappa shape index (κ3) is 3.41. The molecule has 0 saturated heterocycles. The van der Waals surface area contributed by atoms with E-state index in [4.69, 9.17) is 0 Å². The van der Waals surface area contributed by atoms with E-state index in [1.54, 1.807) is 29.3 Å². The van der Waals surface area contributed by atoms with Crippen LogP contribution in [0.1, 0.15) is 19.7 Å². The van der Waals surface area contributed by atoms with Gasteiger partial charge in [0.2, 0.25) is 0 Å². The molecule has 0 aliphatic carbocycles. The maximum atomic E-state index is 4.49. The van der Waals surface area contributed by atoms with Crippen LogP contribution in [0, 0.1) is 0 Å². The minimum Gasteiger partial charge on any atom is -0.370 e. The lowest BCUT2D eigenvalue weighted by molar-refractivity contribution is 0.887. The number of aromatic nitrogens is 3. The number of hydrogen-bond donors (Lipinski definition) is 1.